The second kappa shape index (κ2) is 3.03. The third-order valence-corrected chi connectivity index (χ3v) is 2.34. The Labute approximate surface area is 61.5 Å². The fraction of sp³-hybridized carbons (Fsp3) is 0.875. The average molecular weight is 139 g/mol. The van der Waals surface area contributed by atoms with E-state index in [1.807, 2.05) is 6.92 Å². The van der Waals surface area contributed by atoms with Gasteiger partial charge in [-0.1, -0.05) is 13.3 Å². The van der Waals surface area contributed by atoms with Crippen molar-refractivity contribution < 1.29 is 5.11 Å². The van der Waals surface area contributed by atoms with Crippen LogP contribution in [-0.2, 0) is 0 Å². The van der Waals surface area contributed by atoms with Gasteiger partial charge in [-0.25, -0.2) is 0 Å². The van der Waals surface area contributed by atoms with Gasteiger partial charge in [-0.15, -0.1) is 0 Å². The van der Waals surface area contributed by atoms with Crippen LogP contribution in [0.4, 0.5) is 0 Å². The highest BCUT2D eigenvalue weighted by molar-refractivity contribution is 4.94. The van der Waals surface area contributed by atoms with E-state index in [1.54, 1.807) is 0 Å². The molecular weight excluding hydrogens is 126 g/mol. The summed E-state index contributed by atoms with van der Waals surface area (Å²) < 4.78 is 0. The van der Waals surface area contributed by atoms with Gasteiger partial charge in [0.1, 0.15) is 0 Å². The molecule has 56 valence electrons. The highest BCUT2D eigenvalue weighted by atomic mass is 16.3. The Hall–Kier alpha value is -0.550. The maximum absolute atomic E-state index is 9.32. The molecule has 0 aliphatic heterocycles. The summed E-state index contributed by atoms with van der Waals surface area (Å²) in [6.45, 7) is 2.04. The van der Waals surface area contributed by atoms with Gasteiger partial charge in [0.15, 0.2) is 0 Å². The molecule has 0 radical (unpaired) electrons. The summed E-state index contributed by atoms with van der Waals surface area (Å²) in [4.78, 5) is 0. The maximum Gasteiger partial charge on any atom is 0.0748 e. The van der Waals surface area contributed by atoms with Crippen molar-refractivity contribution in [3.8, 4) is 6.07 Å². The zero-order chi connectivity index (χ0) is 7.56. The minimum atomic E-state index is -0.367. The molecule has 1 rings (SSSR count). The molecule has 0 heterocycles. The van der Waals surface area contributed by atoms with Crippen molar-refractivity contribution in [3.05, 3.63) is 0 Å². The van der Waals surface area contributed by atoms with Crippen molar-refractivity contribution in [1.82, 2.24) is 0 Å². The minimum absolute atomic E-state index is 0.117. The number of nitriles is 1. The lowest BCUT2D eigenvalue weighted by molar-refractivity contribution is 0.0673. The zero-order valence-electron chi connectivity index (χ0n) is 6.25. The topological polar surface area (TPSA) is 44.0 Å². The SMILES string of the molecule is CC1CCCC(O)C1C#N. The Kier molecular flexibility index (Phi) is 2.29. The molecular formula is C8H13NO. The standard InChI is InChI=1S/C8H13NO/c1-6-3-2-4-8(10)7(6)5-9/h6-8,10H,2-4H2,1H3. The van der Waals surface area contributed by atoms with E-state index in [0.717, 1.165) is 19.3 Å². The first-order valence-corrected chi connectivity index (χ1v) is 3.83. The number of hydrogen-bond acceptors (Lipinski definition) is 2. The summed E-state index contributed by atoms with van der Waals surface area (Å²) in [5.41, 5.74) is 0. The van der Waals surface area contributed by atoms with Crippen LogP contribution >= 0.6 is 0 Å². The van der Waals surface area contributed by atoms with E-state index in [2.05, 4.69) is 6.07 Å². The zero-order valence-corrected chi connectivity index (χ0v) is 6.25. The van der Waals surface area contributed by atoms with Gasteiger partial charge in [0.25, 0.3) is 0 Å². The van der Waals surface area contributed by atoms with Crippen molar-refractivity contribution in [1.29, 1.82) is 5.26 Å². The van der Waals surface area contributed by atoms with Gasteiger partial charge in [0.2, 0.25) is 0 Å². The average Bonchev–Trinajstić information content (AvgIpc) is 1.88. The van der Waals surface area contributed by atoms with Crippen LogP contribution in [0.15, 0.2) is 0 Å². The number of rotatable bonds is 0. The molecule has 3 atom stereocenters. The third-order valence-electron chi connectivity index (χ3n) is 2.34. The molecule has 0 aromatic heterocycles. The summed E-state index contributed by atoms with van der Waals surface area (Å²) in [5.74, 6) is 0.266. The molecule has 0 saturated heterocycles. The van der Waals surface area contributed by atoms with Crippen LogP contribution in [0.5, 0.6) is 0 Å². The molecule has 1 saturated carbocycles. The summed E-state index contributed by atoms with van der Waals surface area (Å²) in [6, 6.07) is 2.15. The molecule has 2 nitrogen and oxygen atoms in total. The van der Waals surface area contributed by atoms with E-state index in [-0.39, 0.29) is 12.0 Å². The van der Waals surface area contributed by atoms with E-state index < -0.39 is 0 Å². The maximum atomic E-state index is 9.32. The Morgan fingerprint density at radius 1 is 1.50 bits per heavy atom. The fourth-order valence-electron chi connectivity index (χ4n) is 1.60. The van der Waals surface area contributed by atoms with Gasteiger partial charge >= 0.3 is 0 Å². The summed E-state index contributed by atoms with van der Waals surface area (Å²) >= 11 is 0. The van der Waals surface area contributed by atoms with Gasteiger partial charge in [-0.3, -0.25) is 0 Å². The summed E-state index contributed by atoms with van der Waals surface area (Å²) in [7, 11) is 0. The third kappa shape index (κ3) is 1.30. The number of aliphatic hydroxyl groups is 1. The first kappa shape index (κ1) is 7.56. The van der Waals surface area contributed by atoms with Gasteiger partial charge in [-0.2, -0.15) is 5.26 Å². The van der Waals surface area contributed by atoms with Gasteiger partial charge in [-0.05, 0) is 18.8 Å². The molecule has 1 N–H and O–H groups in total. The lowest BCUT2D eigenvalue weighted by atomic mass is 9.79. The van der Waals surface area contributed by atoms with Gasteiger partial charge in [0.05, 0.1) is 18.1 Å². The molecule has 0 spiro atoms. The van der Waals surface area contributed by atoms with Crippen LogP contribution < -0.4 is 0 Å². The molecule has 1 aliphatic carbocycles. The normalized spacial score (nSPS) is 40.7. The summed E-state index contributed by atoms with van der Waals surface area (Å²) in [6.07, 6.45) is 2.60. The lowest BCUT2D eigenvalue weighted by Crippen LogP contribution is -2.29. The van der Waals surface area contributed by atoms with Crippen molar-refractivity contribution in [2.45, 2.75) is 32.3 Å². The van der Waals surface area contributed by atoms with Crippen molar-refractivity contribution in [2.24, 2.45) is 11.8 Å². The van der Waals surface area contributed by atoms with E-state index in [9.17, 15) is 5.11 Å². The molecule has 1 fully saturated rings. The molecule has 0 bridgehead atoms. The van der Waals surface area contributed by atoms with Crippen molar-refractivity contribution in [3.63, 3.8) is 0 Å². The van der Waals surface area contributed by atoms with E-state index in [1.165, 1.54) is 0 Å². The van der Waals surface area contributed by atoms with Crippen LogP contribution in [0.3, 0.4) is 0 Å². The molecule has 0 aromatic carbocycles. The molecule has 0 aromatic rings. The lowest BCUT2D eigenvalue weighted by Gasteiger charge is -2.27. The predicted octanol–water partition coefficient (Wildman–Crippen LogP) is 1.31. The Bertz CT molecular complexity index is 140. The largest absolute Gasteiger partial charge is 0.392 e. The highest BCUT2D eigenvalue weighted by Gasteiger charge is 2.28. The van der Waals surface area contributed by atoms with Crippen LogP contribution in [-0.4, -0.2) is 11.2 Å². The van der Waals surface area contributed by atoms with E-state index in [4.69, 9.17) is 5.26 Å². The quantitative estimate of drug-likeness (QED) is 0.550. The molecule has 2 heteroatoms. The van der Waals surface area contributed by atoms with E-state index in [0.29, 0.717) is 5.92 Å². The molecule has 10 heavy (non-hydrogen) atoms. The first-order chi connectivity index (χ1) is 4.75. The predicted molar refractivity (Wildman–Crippen MR) is 38.1 cm³/mol. The highest BCUT2D eigenvalue weighted by Crippen LogP contribution is 2.28. The second-order valence-electron chi connectivity index (χ2n) is 3.13. The second-order valence-corrected chi connectivity index (χ2v) is 3.13. The minimum Gasteiger partial charge on any atom is -0.392 e. The van der Waals surface area contributed by atoms with Gasteiger partial charge in [0, 0.05) is 0 Å². The first-order valence-electron chi connectivity index (χ1n) is 3.83. The smallest absolute Gasteiger partial charge is 0.0748 e. The van der Waals surface area contributed by atoms with Crippen LogP contribution in [0.25, 0.3) is 0 Å². The van der Waals surface area contributed by atoms with Crippen molar-refractivity contribution >= 4 is 0 Å². The summed E-state index contributed by atoms with van der Waals surface area (Å²) in [5, 5.41) is 17.9. The Balaban J connectivity index is 2.56. The number of hydrogen-bond donors (Lipinski definition) is 1. The fourth-order valence-corrected chi connectivity index (χ4v) is 1.60. The van der Waals surface area contributed by atoms with Crippen LogP contribution in [0.1, 0.15) is 26.2 Å². The van der Waals surface area contributed by atoms with Gasteiger partial charge < -0.3 is 5.11 Å². The monoisotopic (exact) mass is 139 g/mol. The Morgan fingerprint density at radius 3 is 2.60 bits per heavy atom. The molecule has 0 amide bonds. The molecule has 3 unspecified atom stereocenters. The Morgan fingerprint density at radius 2 is 2.20 bits per heavy atom. The number of nitrogens with zero attached hydrogens (tertiary/aromatic N) is 1. The van der Waals surface area contributed by atoms with Crippen molar-refractivity contribution in [2.75, 3.05) is 0 Å². The van der Waals surface area contributed by atoms with Crippen LogP contribution in [0, 0.1) is 23.2 Å². The van der Waals surface area contributed by atoms with E-state index >= 15 is 0 Å². The molecule has 1 aliphatic rings. The number of aliphatic hydroxyl groups excluding tert-OH is 1. The van der Waals surface area contributed by atoms with Crippen LogP contribution in [0.2, 0.25) is 0 Å².